The molecule has 0 radical (unpaired) electrons. The number of anilines is 2. The maximum absolute atomic E-state index is 11.5. The molecule has 2 heterocycles. The molecule has 0 aromatic heterocycles. The van der Waals surface area contributed by atoms with Crippen LogP contribution in [0.5, 0.6) is 0 Å². The number of aryl methyl sites for hydroxylation is 2. The molecule has 0 saturated heterocycles. The molecule has 0 amide bonds. The Morgan fingerprint density at radius 2 is 1.20 bits per heavy atom. The first-order valence-electron chi connectivity index (χ1n) is 7.92. The first kappa shape index (κ1) is 15.4. The number of nitro benzene ring substituents is 2. The monoisotopic (exact) mass is 340 g/mol. The van der Waals surface area contributed by atoms with Crippen molar-refractivity contribution in [2.75, 3.05) is 16.5 Å². The summed E-state index contributed by atoms with van der Waals surface area (Å²) in [5, 5.41) is 23.1. The van der Waals surface area contributed by atoms with Gasteiger partial charge in [0.05, 0.1) is 52.1 Å². The van der Waals surface area contributed by atoms with Crippen molar-refractivity contribution < 1.29 is 9.85 Å². The Kier molecular flexibility index (Phi) is 3.18. The summed E-state index contributed by atoms with van der Waals surface area (Å²) in [6.07, 6.45) is 0. The van der Waals surface area contributed by atoms with E-state index in [1.165, 1.54) is 0 Å². The van der Waals surface area contributed by atoms with Crippen molar-refractivity contribution in [1.82, 2.24) is 0 Å². The van der Waals surface area contributed by atoms with E-state index >= 15 is 0 Å². The van der Waals surface area contributed by atoms with Gasteiger partial charge in [0, 0.05) is 11.1 Å². The van der Waals surface area contributed by atoms with Crippen molar-refractivity contribution in [2.24, 2.45) is 0 Å². The molecular formula is C17H16N4O4. The molecule has 2 aromatic carbocycles. The Labute approximate surface area is 143 Å². The van der Waals surface area contributed by atoms with Crippen molar-refractivity contribution in [1.29, 1.82) is 0 Å². The largest absolute Gasteiger partial charge is 0.349 e. The molecule has 2 aliphatic heterocycles. The molecular weight excluding hydrogens is 324 g/mol. The fourth-order valence-electron chi connectivity index (χ4n) is 3.91. The van der Waals surface area contributed by atoms with Gasteiger partial charge in [-0.3, -0.25) is 20.2 Å². The molecule has 0 unspecified atom stereocenters. The highest BCUT2D eigenvalue weighted by Crippen LogP contribution is 2.45. The summed E-state index contributed by atoms with van der Waals surface area (Å²) in [5.74, 6) is 0. The highest BCUT2D eigenvalue weighted by Gasteiger charge is 2.37. The van der Waals surface area contributed by atoms with Gasteiger partial charge in [-0.1, -0.05) is 12.1 Å². The van der Waals surface area contributed by atoms with E-state index in [2.05, 4.69) is 0 Å². The quantitative estimate of drug-likeness (QED) is 0.614. The number of fused-ring (bicyclic) bond motifs is 6. The zero-order chi connectivity index (χ0) is 17.9. The normalized spacial score (nSPS) is 14.8. The van der Waals surface area contributed by atoms with Gasteiger partial charge in [-0.2, -0.15) is 0 Å². The summed E-state index contributed by atoms with van der Waals surface area (Å²) in [7, 11) is 0. The zero-order valence-electron chi connectivity index (χ0n) is 13.9. The van der Waals surface area contributed by atoms with Crippen LogP contribution >= 0.6 is 0 Å². The summed E-state index contributed by atoms with van der Waals surface area (Å²) in [6.45, 7) is 4.78. The summed E-state index contributed by atoms with van der Waals surface area (Å²) in [4.78, 5) is 26.3. The smallest absolute Gasteiger partial charge is 0.279 e. The van der Waals surface area contributed by atoms with Crippen molar-refractivity contribution >= 4 is 22.7 Å². The average molecular weight is 340 g/mol. The van der Waals surface area contributed by atoms with Crippen LogP contribution in [0.4, 0.5) is 22.7 Å². The minimum atomic E-state index is -0.337. The summed E-state index contributed by atoms with van der Waals surface area (Å²) >= 11 is 0. The van der Waals surface area contributed by atoms with E-state index in [0.717, 1.165) is 11.4 Å². The van der Waals surface area contributed by atoms with Gasteiger partial charge in [-0.25, -0.2) is 0 Å². The van der Waals surface area contributed by atoms with E-state index in [4.69, 9.17) is 0 Å². The maximum atomic E-state index is 11.5. The molecule has 0 aliphatic carbocycles. The third-order valence-corrected chi connectivity index (χ3v) is 5.01. The van der Waals surface area contributed by atoms with Gasteiger partial charge in [0.25, 0.3) is 11.4 Å². The van der Waals surface area contributed by atoms with Crippen LogP contribution in [-0.4, -0.2) is 16.5 Å². The Morgan fingerprint density at radius 1 is 0.800 bits per heavy atom. The van der Waals surface area contributed by atoms with Crippen LogP contribution in [0.3, 0.4) is 0 Å². The van der Waals surface area contributed by atoms with Gasteiger partial charge in [0.15, 0.2) is 0 Å². The maximum Gasteiger partial charge on any atom is 0.279 e. The fraction of sp³-hybridized carbons (Fsp3) is 0.294. The molecule has 8 heteroatoms. The SMILES string of the molecule is Cc1ccc2c(c1[N+](=O)[O-])CN1CN2Cc2c1ccc(C)c2[N+](=O)[O-]. The van der Waals surface area contributed by atoms with Crippen LogP contribution in [0.25, 0.3) is 0 Å². The standard InChI is InChI=1S/C17H16N4O4/c1-10-3-5-14-12(16(10)20(22)23)7-18-9-19(14)8-13-15(18)6-4-11(2)17(13)21(24)25/h3-6H,7-9H2,1-2H3. The molecule has 0 N–H and O–H groups in total. The molecule has 128 valence electrons. The number of hydrogen-bond acceptors (Lipinski definition) is 6. The van der Waals surface area contributed by atoms with Crippen molar-refractivity contribution in [3.8, 4) is 0 Å². The second kappa shape index (κ2) is 5.17. The van der Waals surface area contributed by atoms with Crippen LogP contribution in [0, 0.1) is 34.1 Å². The molecule has 25 heavy (non-hydrogen) atoms. The Balaban J connectivity index is 1.90. The second-order valence-electron chi connectivity index (χ2n) is 6.51. The fourth-order valence-corrected chi connectivity index (χ4v) is 3.91. The Bertz CT molecular complexity index is 865. The predicted octanol–water partition coefficient (Wildman–Crippen LogP) is 3.42. The van der Waals surface area contributed by atoms with Crippen molar-refractivity contribution in [2.45, 2.75) is 26.9 Å². The molecule has 0 fully saturated rings. The highest BCUT2D eigenvalue weighted by molar-refractivity contribution is 5.75. The van der Waals surface area contributed by atoms with Crippen LogP contribution in [-0.2, 0) is 13.1 Å². The lowest BCUT2D eigenvalue weighted by Crippen LogP contribution is -2.46. The molecule has 2 aliphatic rings. The lowest BCUT2D eigenvalue weighted by atomic mass is 9.96. The Hall–Kier alpha value is -3.16. The summed E-state index contributed by atoms with van der Waals surface area (Å²) < 4.78 is 0. The van der Waals surface area contributed by atoms with E-state index in [1.807, 2.05) is 21.9 Å². The Morgan fingerprint density at radius 3 is 1.56 bits per heavy atom. The topological polar surface area (TPSA) is 92.8 Å². The van der Waals surface area contributed by atoms with Crippen molar-refractivity contribution in [3.05, 3.63) is 66.7 Å². The van der Waals surface area contributed by atoms with E-state index < -0.39 is 0 Å². The van der Waals surface area contributed by atoms with Crippen LogP contribution in [0.15, 0.2) is 24.3 Å². The summed E-state index contributed by atoms with van der Waals surface area (Å²) in [6, 6.07) is 7.24. The molecule has 8 nitrogen and oxygen atoms in total. The van der Waals surface area contributed by atoms with E-state index in [1.54, 1.807) is 26.0 Å². The van der Waals surface area contributed by atoms with Crippen LogP contribution < -0.4 is 9.80 Å². The van der Waals surface area contributed by atoms with Crippen molar-refractivity contribution in [3.63, 3.8) is 0 Å². The number of hydrogen-bond donors (Lipinski definition) is 0. The lowest BCUT2D eigenvalue weighted by molar-refractivity contribution is -0.386. The first-order valence-corrected chi connectivity index (χ1v) is 7.92. The predicted molar refractivity (Wildman–Crippen MR) is 92.9 cm³/mol. The number of benzene rings is 2. The number of nitrogens with zero attached hydrogens (tertiary/aromatic N) is 4. The van der Waals surface area contributed by atoms with Crippen LogP contribution in [0.1, 0.15) is 22.3 Å². The lowest BCUT2D eigenvalue weighted by Gasteiger charge is -2.44. The molecule has 2 aromatic rings. The van der Waals surface area contributed by atoms with Gasteiger partial charge < -0.3 is 9.80 Å². The average Bonchev–Trinajstić information content (AvgIpc) is 2.53. The first-order chi connectivity index (χ1) is 11.9. The van der Waals surface area contributed by atoms with Gasteiger partial charge in [-0.05, 0) is 26.0 Å². The van der Waals surface area contributed by atoms with E-state index in [9.17, 15) is 20.2 Å². The molecule has 4 rings (SSSR count). The zero-order valence-corrected chi connectivity index (χ0v) is 13.9. The van der Waals surface area contributed by atoms with Crippen LogP contribution in [0.2, 0.25) is 0 Å². The third-order valence-electron chi connectivity index (χ3n) is 5.01. The molecule has 0 atom stereocenters. The number of rotatable bonds is 2. The molecule has 0 saturated carbocycles. The van der Waals surface area contributed by atoms with Gasteiger partial charge in [-0.15, -0.1) is 0 Å². The van der Waals surface area contributed by atoms with Gasteiger partial charge >= 0.3 is 0 Å². The van der Waals surface area contributed by atoms with Gasteiger partial charge in [0.1, 0.15) is 0 Å². The highest BCUT2D eigenvalue weighted by atomic mass is 16.6. The minimum absolute atomic E-state index is 0.136. The summed E-state index contributed by atoms with van der Waals surface area (Å²) in [5.41, 5.74) is 4.44. The minimum Gasteiger partial charge on any atom is -0.349 e. The number of nitro groups is 2. The third kappa shape index (κ3) is 2.14. The van der Waals surface area contributed by atoms with E-state index in [0.29, 0.717) is 42.0 Å². The van der Waals surface area contributed by atoms with E-state index in [-0.39, 0.29) is 21.2 Å². The van der Waals surface area contributed by atoms with Gasteiger partial charge in [0.2, 0.25) is 0 Å². The second-order valence-corrected chi connectivity index (χ2v) is 6.51. The molecule has 2 bridgehead atoms. The molecule has 0 spiro atoms.